The number of nitrogens with one attached hydrogen (secondary N) is 1. The molecule has 2 heterocycles. The maximum absolute atomic E-state index is 13.4. The van der Waals surface area contributed by atoms with Crippen molar-refractivity contribution in [2.45, 2.75) is 32.9 Å². The maximum Gasteiger partial charge on any atom is 0.123 e. The molecule has 0 saturated carbocycles. The Morgan fingerprint density at radius 1 is 1.30 bits per heavy atom. The van der Waals surface area contributed by atoms with Gasteiger partial charge in [0.1, 0.15) is 5.82 Å². The lowest BCUT2D eigenvalue weighted by molar-refractivity contribution is 0.244. The predicted octanol–water partition coefficient (Wildman–Crippen LogP) is 3.47. The van der Waals surface area contributed by atoms with E-state index < -0.39 is 0 Å². The fraction of sp³-hybridized carbons (Fsp3) is 0.333. The molecule has 3 aromatic rings. The van der Waals surface area contributed by atoms with Gasteiger partial charge in [-0.25, -0.2) is 4.39 Å². The first-order valence-electron chi connectivity index (χ1n) is 7.76. The van der Waals surface area contributed by atoms with Crippen molar-refractivity contribution in [1.29, 1.82) is 0 Å². The molecular formula is C18H21FN4. The van der Waals surface area contributed by atoms with Crippen LogP contribution in [-0.2, 0) is 13.0 Å². The van der Waals surface area contributed by atoms with Crippen molar-refractivity contribution in [2.75, 3.05) is 7.05 Å². The highest BCUT2D eigenvalue weighted by molar-refractivity contribution is 5.84. The molecule has 1 N–H and O–H groups in total. The van der Waals surface area contributed by atoms with Crippen molar-refractivity contribution >= 4 is 10.9 Å². The van der Waals surface area contributed by atoms with E-state index in [4.69, 9.17) is 0 Å². The third-order valence-corrected chi connectivity index (χ3v) is 4.41. The summed E-state index contributed by atoms with van der Waals surface area (Å²) in [5.41, 5.74) is 4.20. The van der Waals surface area contributed by atoms with E-state index >= 15 is 0 Å². The summed E-state index contributed by atoms with van der Waals surface area (Å²) >= 11 is 0. The number of H-pyrrole nitrogens is 1. The molecule has 5 heteroatoms. The average Bonchev–Trinajstić information content (AvgIpc) is 2.84. The molecule has 0 aliphatic heterocycles. The summed E-state index contributed by atoms with van der Waals surface area (Å²) in [6.45, 7) is 4.99. The third-order valence-electron chi connectivity index (χ3n) is 4.41. The van der Waals surface area contributed by atoms with Gasteiger partial charge >= 0.3 is 0 Å². The second-order valence-electron chi connectivity index (χ2n) is 6.08. The molecule has 0 radical (unpaired) electrons. The van der Waals surface area contributed by atoms with E-state index in [-0.39, 0.29) is 5.82 Å². The number of benzene rings is 1. The van der Waals surface area contributed by atoms with Gasteiger partial charge in [-0.2, -0.15) is 0 Å². The molecule has 1 unspecified atom stereocenters. The van der Waals surface area contributed by atoms with Crippen LogP contribution >= 0.6 is 0 Å². The summed E-state index contributed by atoms with van der Waals surface area (Å²) in [6, 6.07) is 5.20. The van der Waals surface area contributed by atoms with E-state index in [9.17, 15) is 4.39 Å². The zero-order valence-electron chi connectivity index (χ0n) is 13.7. The molecule has 23 heavy (non-hydrogen) atoms. The van der Waals surface area contributed by atoms with Crippen LogP contribution in [0.1, 0.15) is 23.9 Å². The van der Waals surface area contributed by atoms with Gasteiger partial charge < -0.3 is 4.98 Å². The Kier molecular flexibility index (Phi) is 4.39. The quantitative estimate of drug-likeness (QED) is 0.784. The van der Waals surface area contributed by atoms with Crippen molar-refractivity contribution in [3.8, 4) is 0 Å². The van der Waals surface area contributed by atoms with Crippen LogP contribution in [0.15, 0.2) is 36.8 Å². The van der Waals surface area contributed by atoms with Gasteiger partial charge in [0.15, 0.2) is 0 Å². The summed E-state index contributed by atoms with van der Waals surface area (Å²) in [4.78, 5) is 14.1. The molecule has 3 rings (SSSR count). The second-order valence-corrected chi connectivity index (χ2v) is 6.08. The molecule has 4 nitrogen and oxygen atoms in total. The lowest BCUT2D eigenvalue weighted by Crippen LogP contribution is -2.31. The van der Waals surface area contributed by atoms with Crippen LogP contribution in [0.5, 0.6) is 0 Å². The van der Waals surface area contributed by atoms with Crippen LogP contribution in [0.4, 0.5) is 4.39 Å². The van der Waals surface area contributed by atoms with Crippen LogP contribution in [0.2, 0.25) is 0 Å². The first kappa shape index (κ1) is 15.6. The first-order valence-corrected chi connectivity index (χ1v) is 7.76. The van der Waals surface area contributed by atoms with Crippen LogP contribution in [-0.4, -0.2) is 32.9 Å². The highest BCUT2D eigenvalue weighted by Crippen LogP contribution is 2.24. The van der Waals surface area contributed by atoms with Gasteiger partial charge in [-0.05, 0) is 44.7 Å². The van der Waals surface area contributed by atoms with Crippen molar-refractivity contribution in [3.05, 3.63) is 59.6 Å². The number of rotatable bonds is 5. The standard InChI is InChI=1S/C18H21FN4/c1-12(8-15-10-20-6-7-21-15)23(3)11-18-13(2)16-9-14(19)4-5-17(16)22-18/h4-7,9-10,12,22H,8,11H2,1-3H3. The number of likely N-dealkylation sites (N-methyl/N-ethyl adjacent to an activating group) is 1. The van der Waals surface area contributed by atoms with E-state index in [0.717, 1.165) is 40.8 Å². The van der Waals surface area contributed by atoms with Crippen molar-refractivity contribution in [1.82, 2.24) is 19.9 Å². The smallest absolute Gasteiger partial charge is 0.123 e. The van der Waals surface area contributed by atoms with Crippen LogP contribution in [0.3, 0.4) is 0 Å². The number of fused-ring (bicyclic) bond motifs is 1. The Hall–Kier alpha value is -2.27. The highest BCUT2D eigenvalue weighted by atomic mass is 19.1. The number of hydrogen-bond donors (Lipinski definition) is 1. The monoisotopic (exact) mass is 312 g/mol. The molecule has 0 bridgehead atoms. The largest absolute Gasteiger partial charge is 0.357 e. The number of halogens is 1. The van der Waals surface area contributed by atoms with Gasteiger partial charge in [-0.1, -0.05) is 0 Å². The Balaban J connectivity index is 1.74. The van der Waals surface area contributed by atoms with Gasteiger partial charge in [0.25, 0.3) is 0 Å². The summed E-state index contributed by atoms with van der Waals surface area (Å²) in [7, 11) is 2.09. The summed E-state index contributed by atoms with van der Waals surface area (Å²) in [5, 5.41) is 0.954. The lowest BCUT2D eigenvalue weighted by Gasteiger charge is -2.24. The van der Waals surface area contributed by atoms with Gasteiger partial charge in [-0.15, -0.1) is 0 Å². The summed E-state index contributed by atoms with van der Waals surface area (Å²) < 4.78 is 13.4. The Morgan fingerprint density at radius 2 is 2.13 bits per heavy atom. The first-order chi connectivity index (χ1) is 11.0. The molecule has 0 aliphatic rings. The molecule has 120 valence electrons. The summed E-state index contributed by atoms with van der Waals surface area (Å²) in [5.74, 6) is -0.199. The Bertz CT molecular complexity index is 797. The lowest BCUT2D eigenvalue weighted by atomic mass is 10.1. The maximum atomic E-state index is 13.4. The fourth-order valence-electron chi connectivity index (χ4n) is 2.81. The molecule has 1 atom stereocenters. The molecule has 0 fully saturated rings. The second kappa shape index (κ2) is 6.46. The van der Waals surface area contributed by atoms with Crippen LogP contribution in [0.25, 0.3) is 10.9 Å². The van der Waals surface area contributed by atoms with Crippen LogP contribution < -0.4 is 0 Å². The van der Waals surface area contributed by atoms with Crippen LogP contribution in [0, 0.1) is 12.7 Å². The van der Waals surface area contributed by atoms with E-state index in [1.165, 1.54) is 6.07 Å². The number of aromatic amines is 1. The Labute approximate surface area is 135 Å². The number of aromatic nitrogens is 3. The zero-order valence-corrected chi connectivity index (χ0v) is 13.7. The SMILES string of the molecule is Cc1c(CN(C)C(C)Cc2cnccn2)[nH]c2ccc(F)cc12. The molecule has 1 aromatic carbocycles. The van der Waals surface area contributed by atoms with Gasteiger partial charge in [-0.3, -0.25) is 14.9 Å². The Morgan fingerprint density at radius 3 is 2.87 bits per heavy atom. The third kappa shape index (κ3) is 3.40. The van der Waals surface area contributed by atoms with E-state index in [0.29, 0.717) is 6.04 Å². The number of aryl methyl sites for hydroxylation is 1. The average molecular weight is 312 g/mol. The van der Waals surface area contributed by atoms with E-state index in [2.05, 4.69) is 33.8 Å². The predicted molar refractivity (Wildman–Crippen MR) is 89.7 cm³/mol. The number of nitrogens with zero attached hydrogens (tertiary/aromatic N) is 3. The minimum atomic E-state index is -0.199. The molecule has 0 spiro atoms. The van der Waals surface area contributed by atoms with Crippen molar-refractivity contribution in [3.63, 3.8) is 0 Å². The normalized spacial score (nSPS) is 12.9. The molecular weight excluding hydrogens is 291 g/mol. The van der Waals surface area contributed by atoms with Gasteiger partial charge in [0, 0.05) is 54.2 Å². The summed E-state index contributed by atoms with van der Waals surface area (Å²) in [6.07, 6.45) is 6.06. The molecule has 0 amide bonds. The van der Waals surface area contributed by atoms with Gasteiger partial charge in [0.05, 0.1) is 5.69 Å². The minimum absolute atomic E-state index is 0.199. The minimum Gasteiger partial charge on any atom is -0.357 e. The number of hydrogen-bond acceptors (Lipinski definition) is 3. The molecule has 2 aromatic heterocycles. The zero-order chi connectivity index (χ0) is 16.4. The molecule has 0 aliphatic carbocycles. The van der Waals surface area contributed by atoms with Gasteiger partial charge in [0.2, 0.25) is 0 Å². The van der Waals surface area contributed by atoms with E-state index in [1.54, 1.807) is 30.7 Å². The fourth-order valence-corrected chi connectivity index (χ4v) is 2.81. The van der Waals surface area contributed by atoms with E-state index in [1.807, 2.05) is 6.92 Å². The van der Waals surface area contributed by atoms with Crippen molar-refractivity contribution < 1.29 is 4.39 Å². The van der Waals surface area contributed by atoms with Crippen molar-refractivity contribution in [2.24, 2.45) is 0 Å². The molecule has 0 saturated heterocycles. The topological polar surface area (TPSA) is 44.8 Å². The highest BCUT2D eigenvalue weighted by Gasteiger charge is 2.15.